The van der Waals surface area contributed by atoms with Crippen molar-refractivity contribution in [3.8, 4) is 0 Å². The topological polar surface area (TPSA) is 59.6 Å². The number of aliphatic imine (C=N–C) groups is 1. The molecule has 0 aliphatic heterocycles. The molecule has 0 aromatic carbocycles. The summed E-state index contributed by atoms with van der Waals surface area (Å²) in [6.45, 7) is 2.07. The predicted octanol–water partition coefficient (Wildman–Crippen LogP) is 2.39. The molecule has 100 valence electrons. The van der Waals surface area contributed by atoms with Crippen molar-refractivity contribution in [2.24, 2.45) is 10.8 Å². The van der Waals surface area contributed by atoms with Crippen molar-refractivity contribution in [3.05, 3.63) is 0 Å². The normalized spacial score (nSPS) is 21.0. The van der Waals surface area contributed by atoms with Gasteiger partial charge in [0, 0.05) is 13.5 Å². The highest BCUT2D eigenvalue weighted by Crippen LogP contribution is 2.20. The molecule has 1 aliphatic carbocycles. The number of nitrogens with zero attached hydrogens (tertiary/aromatic N) is 1. The molecule has 4 heteroatoms. The first-order valence-electron chi connectivity index (χ1n) is 6.82. The summed E-state index contributed by atoms with van der Waals surface area (Å²) in [5, 5.41) is 0. The minimum atomic E-state index is 0.266. The highest BCUT2D eigenvalue weighted by atomic mass is 16.5. The van der Waals surface area contributed by atoms with Crippen LogP contribution in [0, 0.1) is 0 Å². The molecule has 0 amide bonds. The Morgan fingerprint density at radius 3 is 2.53 bits per heavy atom. The van der Waals surface area contributed by atoms with E-state index in [1.165, 1.54) is 38.5 Å². The van der Waals surface area contributed by atoms with E-state index < -0.39 is 0 Å². The number of nitrogens with one attached hydrogen (secondary N) is 1. The van der Waals surface area contributed by atoms with Crippen LogP contribution in [-0.4, -0.2) is 25.1 Å². The molecule has 4 nitrogen and oxygen atoms in total. The van der Waals surface area contributed by atoms with E-state index in [1.807, 2.05) is 0 Å². The van der Waals surface area contributed by atoms with E-state index >= 15 is 0 Å². The molecule has 1 unspecified atom stereocenters. The molecule has 0 aromatic rings. The van der Waals surface area contributed by atoms with Crippen molar-refractivity contribution in [2.75, 3.05) is 7.11 Å². The summed E-state index contributed by atoms with van der Waals surface area (Å²) in [6, 6.07) is 0.474. The number of hydrogen-bond acceptors (Lipinski definition) is 3. The van der Waals surface area contributed by atoms with Crippen molar-refractivity contribution < 1.29 is 4.74 Å². The summed E-state index contributed by atoms with van der Waals surface area (Å²) in [5.41, 5.74) is 2.74. The van der Waals surface area contributed by atoms with Crippen LogP contribution in [0.1, 0.15) is 58.3 Å². The molecular weight excluding hydrogens is 214 g/mol. The molecule has 3 N–H and O–H groups in total. The fourth-order valence-corrected chi connectivity index (χ4v) is 2.24. The summed E-state index contributed by atoms with van der Waals surface area (Å²) in [7, 11) is 1.74. The van der Waals surface area contributed by atoms with Crippen molar-refractivity contribution >= 4 is 5.84 Å². The summed E-state index contributed by atoms with van der Waals surface area (Å²) in [5.74, 6) is 6.47. The zero-order chi connectivity index (χ0) is 12.5. The van der Waals surface area contributed by atoms with E-state index in [4.69, 9.17) is 15.6 Å². The van der Waals surface area contributed by atoms with Gasteiger partial charge in [0.2, 0.25) is 0 Å². The Hall–Kier alpha value is -0.610. The smallest absolute Gasteiger partial charge is 0.111 e. The van der Waals surface area contributed by atoms with Crippen molar-refractivity contribution in [2.45, 2.75) is 70.4 Å². The number of rotatable bonds is 5. The molecule has 1 aliphatic rings. The van der Waals surface area contributed by atoms with Crippen LogP contribution >= 0.6 is 0 Å². The van der Waals surface area contributed by atoms with Crippen molar-refractivity contribution in [3.63, 3.8) is 0 Å². The molecule has 1 saturated carbocycles. The quantitative estimate of drug-likeness (QED) is 0.255. The Balaban J connectivity index is 2.40. The summed E-state index contributed by atoms with van der Waals surface area (Å²) < 4.78 is 5.23. The fourth-order valence-electron chi connectivity index (χ4n) is 2.24. The fraction of sp³-hybridized carbons (Fsp3) is 0.923. The van der Waals surface area contributed by atoms with Crippen LogP contribution in [0.2, 0.25) is 0 Å². The van der Waals surface area contributed by atoms with E-state index in [1.54, 1.807) is 7.11 Å². The first-order chi connectivity index (χ1) is 8.26. The van der Waals surface area contributed by atoms with Crippen LogP contribution in [0.15, 0.2) is 4.99 Å². The standard InChI is InChI=1S/C13H27N3O/c1-11(17-2)9-10-13(16-14)15-12-7-5-3-4-6-8-12/h11-12H,3-10,14H2,1-2H3,(H,15,16). The van der Waals surface area contributed by atoms with Gasteiger partial charge < -0.3 is 10.2 Å². The number of nitrogens with two attached hydrogens (primary N) is 1. The largest absolute Gasteiger partial charge is 0.382 e. The molecule has 17 heavy (non-hydrogen) atoms. The van der Waals surface area contributed by atoms with Gasteiger partial charge in [-0.3, -0.25) is 4.99 Å². The van der Waals surface area contributed by atoms with Crippen LogP contribution < -0.4 is 11.3 Å². The Morgan fingerprint density at radius 2 is 2.00 bits per heavy atom. The lowest BCUT2D eigenvalue weighted by Crippen LogP contribution is -2.32. The number of amidine groups is 1. The van der Waals surface area contributed by atoms with Gasteiger partial charge in [0.15, 0.2) is 0 Å². The highest BCUT2D eigenvalue weighted by molar-refractivity contribution is 5.81. The lowest BCUT2D eigenvalue weighted by Gasteiger charge is -2.14. The zero-order valence-corrected chi connectivity index (χ0v) is 11.2. The van der Waals surface area contributed by atoms with Gasteiger partial charge in [-0.2, -0.15) is 0 Å². The predicted molar refractivity (Wildman–Crippen MR) is 72.0 cm³/mol. The minimum absolute atomic E-state index is 0.266. The lowest BCUT2D eigenvalue weighted by molar-refractivity contribution is 0.112. The van der Waals surface area contributed by atoms with Crippen LogP contribution in [0.25, 0.3) is 0 Å². The molecule has 1 fully saturated rings. The second-order valence-electron chi connectivity index (χ2n) is 4.95. The molecule has 0 bridgehead atoms. The van der Waals surface area contributed by atoms with E-state index in [-0.39, 0.29) is 6.10 Å². The molecular formula is C13H27N3O. The Morgan fingerprint density at radius 1 is 1.35 bits per heavy atom. The van der Waals surface area contributed by atoms with Gasteiger partial charge in [0.1, 0.15) is 5.84 Å². The minimum Gasteiger partial charge on any atom is -0.382 e. The van der Waals surface area contributed by atoms with Crippen LogP contribution in [0.5, 0.6) is 0 Å². The first-order valence-corrected chi connectivity index (χ1v) is 6.82. The maximum Gasteiger partial charge on any atom is 0.111 e. The van der Waals surface area contributed by atoms with Gasteiger partial charge in [-0.25, -0.2) is 5.84 Å². The van der Waals surface area contributed by atoms with Gasteiger partial charge in [0.05, 0.1) is 12.1 Å². The monoisotopic (exact) mass is 241 g/mol. The van der Waals surface area contributed by atoms with E-state index in [9.17, 15) is 0 Å². The van der Waals surface area contributed by atoms with Crippen LogP contribution in [-0.2, 0) is 4.74 Å². The molecule has 0 spiro atoms. The third kappa shape index (κ3) is 6.03. The second kappa shape index (κ2) is 8.48. The van der Waals surface area contributed by atoms with Gasteiger partial charge >= 0.3 is 0 Å². The van der Waals surface area contributed by atoms with Gasteiger partial charge in [-0.05, 0) is 26.2 Å². The average Bonchev–Trinajstić information content (AvgIpc) is 2.62. The highest BCUT2D eigenvalue weighted by Gasteiger charge is 2.12. The van der Waals surface area contributed by atoms with Crippen LogP contribution in [0.4, 0.5) is 0 Å². The van der Waals surface area contributed by atoms with Crippen molar-refractivity contribution in [1.29, 1.82) is 0 Å². The molecule has 0 heterocycles. The Kier molecular flexibility index (Phi) is 7.21. The molecule has 0 aromatic heterocycles. The third-order valence-electron chi connectivity index (χ3n) is 3.52. The maximum atomic E-state index is 5.54. The summed E-state index contributed by atoms with van der Waals surface area (Å²) in [4.78, 5) is 4.75. The lowest BCUT2D eigenvalue weighted by atomic mass is 10.1. The SMILES string of the molecule is COC(C)CCC(=NC1CCCCCC1)NN. The number of methoxy groups -OCH3 is 1. The van der Waals surface area contributed by atoms with E-state index in [0.29, 0.717) is 6.04 Å². The molecule has 1 rings (SSSR count). The maximum absolute atomic E-state index is 5.54. The van der Waals surface area contributed by atoms with E-state index in [0.717, 1.165) is 18.7 Å². The van der Waals surface area contributed by atoms with Gasteiger partial charge in [-0.1, -0.05) is 25.7 Å². The number of hydrazine groups is 1. The first kappa shape index (κ1) is 14.5. The van der Waals surface area contributed by atoms with Crippen LogP contribution in [0.3, 0.4) is 0 Å². The molecule has 0 saturated heterocycles. The Bertz CT molecular complexity index is 223. The van der Waals surface area contributed by atoms with Crippen molar-refractivity contribution in [1.82, 2.24) is 5.43 Å². The average molecular weight is 241 g/mol. The number of ether oxygens (including phenoxy) is 1. The zero-order valence-electron chi connectivity index (χ0n) is 11.2. The summed E-state index contributed by atoms with van der Waals surface area (Å²) >= 11 is 0. The summed E-state index contributed by atoms with van der Waals surface area (Å²) in [6.07, 6.45) is 9.87. The molecule has 0 radical (unpaired) electrons. The van der Waals surface area contributed by atoms with Gasteiger partial charge in [0.25, 0.3) is 0 Å². The van der Waals surface area contributed by atoms with E-state index in [2.05, 4.69) is 12.3 Å². The molecule has 1 atom stereocenters. The van der Waals surface area contributed by atoms with Gasteiger partial charge in [-0.15, -0.1) is 0 Å². The number of hydrogen-bond donors (Lipinski definition) is 2. The third-order valence-corrected chi connectivity index (χ3v) is 3.52. The second-order valence-corrected chi connectivity index (χ2v) is 4.95. The Labute approximate surface area is 105 Å².